The zero-order valence-electron chi connectivity index (χ0n) is 16.2. The van der Waals surface area contributed by atoms with E-state index in [1.807, 2.05) is 0 Å². The van der Waals surface area contributed by atoms with Crippen LogP contribution in [0.15, 0.2) is 23.1 Å². The molecule has 3 unspecified atom stereocenters. The van der Waals surface area contributed by atoms with E-state index in [4.69, 9.17) is 0 Å². The molecule has 1 aromatic rings. The van der Waals surface area contributed by atoms with Gasteiger partial charge in [0.15, 0.2) is 0 Å². The molecule has 7 heteroatoms. The van der Waals surface area contributed by atoms with Crippen molar-refractivity contribution in [3.63, 3.8) is 0 Å². The fraction of sp³-hybridized carbons (Fsp3) is 0.600. The molecular formula is C20H26N2O4S. The monoisotopic (exact) mass is 390 g/mol. The zero-order valence-corrected chi connectivity index (χ0v) is 17.0. The minimum atomic E-state index is -3.86. The molecule has 0 spiro atoms. The smallest absolute Gasteiger partial charge is 0.268 e. The lowest BCUT2D eigenvalue weighted by atomic mass is 9.69. The number of sulfonamides is 1. The van der Waals surface area contributed by atoms with Crippen LogP contribution in [0, 0.1) is 16.7 Å². The number of amides is 2. The minimum absolute atomic E-state index is 0.0467. The Balaban J connectivity index is 1.62. The number of benzene rings is 1. The largest absolute Gasteiger partial charge is 0.349 e. The molecule has 3 atom stereocenters. The summed E-state index contributed by atoms with van der Waals surface area (Å²) in [5.41, 5.74) is 0.652. The minimum Gasteiger partial charge on any atom is -0.349 e. The van der Waals surface area contributed by atoms with Crippen molar-refractivity contribution in [1.82, 2.24) is 9.62 Å². The molecule has 0 saturated heterocycles. The summed E-state index contributed by atoms with van der Waals surface area (Å²) in [5, 5.41) is 3.15. The van der Waals surface area contributed by atoms with E-state index >= 15 is 0 Å². The molecule has 2 bridgehead atoms. The summed E-state index contributed by atoms with van der Waals surface area (Å²) in [6.45, 7) is 8.50. The van der Waals surface area contributed by atoms with Crippen molar-refractivity contribution in [1.29, 1.82) is 0 Å². The lowest BCUT2D eigenvalue weighted by molar-refractivity contribution is 0.0823. The summed E-state index contributed by atoms with van der Waals surface area (Å²) >= 11 is 0. The molecular weight excluding hydrogens is 364 g/mol. The van der Waals surface area contributed by atoms with E-state index in [-0.39, 0.29) is 45.3 Å². The van der Waals surface area contributed by atoms with Crippen LogP contribution < -0.4 is 5.32 Å². The molecule has 1 aliphatic heterocycles. The standard InChI is InChI=1S/C20H26N2O4S/c1-5-22-18(24)14-7-6-12(10-15(14)27(22,25)26)17(23)21-16-11-13-8-9-20(16,4)19(13,2)3/h6-7,10,13,16H,5,8-9,11H2,1-4H3,(H,21,23). The van der Waals surface area contributed by atoms with Crippen LogP contribution in [0.2, 0.25) is 0 Å². The third-order valence-electron chi connectivity index (χ3n) is 7.66. The molecule has 1 N–H and O–H groups in total. The maximum absolute atomic E-state index is 12.9. The summed E-state index contributed by atoms with van der Waals surface area (Å²) in [6.07, 6.45) is 3.25. The first kappa shape index (κ1) is 18.5. The first-order valence-corrected chi connectivity index (χ1v) is 11.0. The van der Waals surface area contributed by atoms with Gasteiger partial charge in [-0.2, -0.15) is 0 Å². The Morgan fingerprint density at radius 1 is 1.30 bits per heavy atom. The van der Waals surface area contributed by atoms with Crippen LogP contribution in [0.25, 0.3) is 0 Å². The van der Waals surface area contributed by atoms with Crippen molar-refractivity contribution in [3.8, 4) is 0 Å². The number of hydrogen-bond donors (Lipinski definition) is 1. The molecule has 1 aromatic carbocycles. The van der Waals surface area contributed by atoms with Crippen molar-refractivity contribution < 1.29 is 18.0 Å². The van der Waals surface area contributed by atoms with E-state index in [2.05, 4.69) is 26.1 Å². The molecule has 27 heavy (non-hydrogen) atoms. The summed E-state index contributed by atoms with van der Waals surface area (Å²) < 4.78 is 26.0. The highest BCUT2D eigenvalue weighted by Crippen LogP contribution is 2.65. The van der Waals surface area contributed by atoms with Crippen molar-refractivity contribution in [2.75, 3.05) is 6.54 Å². The fourth-order valence-corrected chi connectivity index (χ4v) is 7.00. The number of carbonyl (C=O) groups is 2. The predicted molar refractivity (Wildman–Crippen MR) is 101 cm³/mol. The van der Waals surface area contributed by atoms with Gasteiger partial charge in [-0.15, -0.1) is 0 Å². The van der Waals surface area contributed by atoms with E-state index in [1.165, 1.54) is 18.6 Å². The third-order valence-corrected chi connectivity index (χ3v) is 9.55. The van der Waals surface area contributed by atoms with E-state index in [1.54, 1.807) is 13.0 Å². The fourth-order valence-electron chi connectivity index (χ4n) is 5.39. The Labute approximate surface area is 160 Å². The SMILES string of the molecule is CCN1C(=O)c2ccc(C(=O)NC3CC4CCC3(C)C4(C)C)cc2S1(=O)=O. The molecule has 3 aliphatic rings. The molecule has 0 radical (unpaired) electrons. The summed E-state index contributed by atoms with van der Waals surface area (Å²) in [5.74, 6) is -0.198. The van der Waals surface area contributed by atoms with Gasteiger partial charge in [-0.25, -0.2) is 12.7 Å². The summed E-state index contributed by atoms with van der Waals surface area (Å²) in [7, 11) is -3.86. The Kier molecular flexibility index (Phi) is 3.81. The second kappa shape index (κ2) is 5.56. The molecule has 2 aliphatic carbocycles. The quantitative estimate of drug-likeness (QED) is 0.860. The average Bonchev–Trinajstić information content (AvgIpc) is 3.03. The summed E-state index contributed by atoms with van der Waals surface area (Å²) in [6, 6.07) is 4.42. The van der Waals surface area contributed by atoms with Crippen LogP contribution >= 0.6 is 0 Å². The van der Waals surface area contributed by atoms with Gasteiger partial charge >= 0.3 is 0 Å². The number of nitrogens with zero attached hydrogens (tertiary/aromatic N) is 1. The van der Waals surface area contributed by atoms with Crippen LogP contribution in [0.5, 0.6) is 0 Å². The Morgan fingerprint density at radius 2 is 2.00 bits per heavy atom. The van der Waals surface area contributed by atoms with Gasteiger partial charge in [-0.3, -0.25) is 9.59 Å². The number of nitrogens with one attached hydrogen (secondary N) is 1. The first-order chi connectivity index (χ1) is 12.5. The lowest BCUT2D eigenvalue weighted by Crippen LogP contribution is -2.46. The molecule has 2 amide bonds. The molecule has 2 saturated carbocycles. The second-order valence-corrected chi connectivity index (χ2v) is 10.7. The van der Waals surface area contributed by atoms with Gasteiger partial charge in [0.1, 0.15) is 4.90 Å². The molecule has 2 fully saturated rings. The highest BCUT2D eigenvalue weighted by Gasteiger charge is 2.61. The lowest BCUT2D eigenvalue weighted by Gasteiger charge is -2.39. The summed E-state index contributed by atoms with van der Waals surface area (Å²) in [4.78, 5) is 25.1. The van der Waals surface area contributed by atoms with Gasteiger partial charge in [-0.05, 0) is 61.1 Å². The Morgan fingerprint density at radius 3 is 2.56 bits per heavy atom. The third kappa shape index (κ3) is 2.27. The Bertz CT molecular complexity index is 953. The van der Waals surface area contributed by atoms with Crippen LogP contribution in [0.1, 0.15) is 67.7 Å². The van der Waals surface area contributed by atoms with Crippen molar-refractivity contribution in [2.45, 2.75) is 57.9 Å². The second-order valence-electron chi connectivity index (χ2n) is 8.82. The molecule has 6 nitrogen and oxygen atoms in total. The average molecular weight is 391 g/mol. The van der Waals surface area contributed by atoms with Gasteiger partial charge in [0.25, 0.3) is 21.8 Å². The highest BCUT2D eigenvalue weighted by molar-refractivity contribution is 7.90. The van der Waals surface area contributed by atoms with Crippen molar-refractivity contribution in [3.05, 3.63) is 29.3 Å². The normalized spacial score (nSPS) is 32.6. The van der Waals surface area contributed by atoms with Gasteiger partial charge in [-0.1, -0.05) is 20.8 Å². The van der Waals surface area contributed by atoms with Crippen LogP contribution in [0.4, 0.5) is 0 Å². The maximum Gasteiger partial charge on any atom is 0.268 e. The van der Waals surface area contributed by atoms with Crippen molar-refractivity contribution >= 4 is 21.8 Å². The highest BCUT2D eigenvalue weighted by atomic mass is 32.2. The van der Waals surface area contributed by atoms with Gasteiger partial charge in [0.05, 0.1) is 5.56 Å². The van der Waals surface area contributed by atoms with E-state index in [9.17, 15) is 18.0 Å². The van der Waals surface area contributed by atoms with E-state index in [0.717, 1.165) is 17.1 Å². The van der Waals surface area contributed by atoms with Crippen LogP contribution in [-0.4, -0.2) is 37.1 Å². The molecule has 1 heterocycles. The van der Waals surface area contributed by atoms with E-state index < -0.39 is 15.9 Å². The first-order valence-electron chi connectivity index (χ1n) is 9.56. The number of fused-ring (bicyclic) bond motifs is 3. The topological polar surface area (TPSA) is 83.6 Å². The van der Waals surface area contributed by atoms with Crippen molar-refractivity contribution in [2.24, 2.45) is 16.7 Å². The Hall–Kier alpha value is -1.89. The van der Waals surface area contributed by atoms with E-state index in [0.29, 0.717) is 5.92 Å². The number of rotatable bonds is 3. The molecule has 4 rings (SSSR count). The molecule has 146 valence electrons. The van der Waals surface area contributed by atoms with Gasteiger partial charge < -0.3 is 5.32 Å². The van der Waals surface area contributed by atoms with Gasteiger partial charge in [0, 0.05) is 18.2 Å². The molecule has 0 aromatic heterocycles. The predicted octanol–water partition coefficient (Wildman–Crippen LogP) is 2.80. The maximum atomic E-state index is 12.9. The number of carbonyl (C=O) groups excluding carboxylic acids is 2. The van der Waals surface area contributed by atoms with Crippen LogP contribution in [-0.2, 0) is 10.0 Å². The van der Waals surface area contributed by atoms with Crippen LogP contribution in [0.3, 0.4) is 0 Å². The van der Waals surface area contributed by atoms with Gasteiger partial charge in [0.2, 0.25) is 0 Å². The zero-order chi connectivity index (χ0) is 19.8. The number of hydrogen-bond acceptors (Lipinski definition) is 4.